The topological polar surface area (TPSA) is 55.2 Å². The maximum atomic E-state index is 13.0. The Morgan fingerprint density at radius 2 is 1.96 bits per heavy atom. The summed E-state index contributed by atoms with van der Waals surface area (Å²) in [6.07, 6.45) is 2.13. The van der Waals surface area contributed by atoms with Crippen molar-refractivity contribution in [1.82, 2.24) is 14.5 Å². The number of carbonyl (C=O) groups is 1. The Morgan fingerprint density at radius 1 is 1.21 bits per heavy atom. The Hall–Kier alpha value is -2.12. The van der Waals surface area contributed by atoms with Crippen LogP contribution in [0, 0.1) is 5.92 Å². The number of likely N-dealkylation sites (tertiary alicyclic amines) is 1. The summed E-state index contributed by atoms with van der Waals surface area (Å²) < 4.78 is 2.36. The molecule has 4 rings (SSSR count). The molecule has 1 aliphatic heterocycles. The van der Waals surface area contributed by atoms with E-state index >= 15 is 0 Å². The van der Waals surface area contributed by atoms with Crippen molar-refractivity contribution in [3.63, 3.8) is 0 Å². The molecule has 3 heterocycles. The predicted octanol–water partition coefficient (Wildman–Crippen LogP) is 3.86. The number of fused-ring (bicyclic) bond motifs is 1. The summed E-state index contributed by atoms with van der Waals surface area (Å²) in [6, 6.07) is 11.8. The molecule has 0 saturated carbocycles. The van der Waals surface area contributed by atoms with E-state index in [2.05, 4.69) is 11.9 Å². The average Bonchev–Trinajstić information content (AvgIpc) is 3.19. The smallest absolute Gasteiger partial charge is 0.272 e. The van der Waals surface area contributed by atoms with Gasteiger partial charge in [-0.2, -0.15) is 0 Å². The second-order valence-corrected chi connectivity index (χ2v) is 9.12. The van der Waals surface area contributed by atoms with Gasteiger partial charge in [-0.3, -0.25) is 14.2 Å². The van der Waals surface area contributed by atoms with Gasteiger partial charge in [0, 0.05) is 13.1 Å². The molecule has 1 aliphatic rings. The maximum absolute atomic E-state index is 13.0. The Morgan fingerprint density at radius 3 is 2.71 bits per heavy atom. The molecule has 1 fully saturated rings. The fourth-order valence-electron chi connectivity index (χ4n) is 3.41. The van der Waals surface area contributed by atoms with Gasteiger partial charge in [-0.15, -0.1) is 11.3 Å². The summed E-state index contributed by atoms with van der Waals surface area (Å²) in [6.45, 7) is 4.35. The van der Waals surface area contributed by atoms with Gasteiger partial charge < -0.3 is 4.90 Å². The highest BCUT2D eigenvalue weighted by Gasteiger charge is 2.21. The van der Waals surface area contributed by atoms with Crippen LogP contribution in [0.2, 0.25) is 0 Å². The Balaban J connectivity index is 1.57. The molecule has 0 N–H and O–H groups in total. The van der Waals surface area contributed by atoms with Crippen molar-refractivity contribution in [3.8, 4) is 0 Å². The van der Waals surface area contributed by atoms with Gasteiger partial charge in [0.25, 0.3) is 5.56 Å². The van der Waals surface area contributed by atoms with Gasteiger partial charge in [0.05, 0.1) is 17.8 Å². The molecule has 0 bridgehead atoms. The van der Waals surface area contributed by atoms with Crippen LogP contribution in [0.4, 0.5) is 0 Å². The lowest BCUT2D eigenvalue weighted by molar-refractivity contribution is -0.129. The number of carbonyl (C=O) groups excluding carboxylic acids is 1. The van der Waals surface area contributed by atoms with Gasteiger partial charge >= 0.3 is 0 Å². The third-order valence-corrected chi connectivity index (χ3v) is 7.03. The van der Waals surface area contributed by atoms with Crippen molar-refractivity contribution in [2.24, 2.45) is 5.92 Å². The summed E-state index contributed by atoms with van der Waals surface area (Å²) in [5.41, 5.74) is 1.71. The van der Waals surface area contributed by atoms with Crippen molar-refractivity contribution < 1.29 is 4.79 Å². The predicted molar refractivity (Wildman–Crippen MR) is 115 cm³/mol. The van der Waals surface area contributed by atoms with E-state index in [4.69, 9.17) is 0 Å². The SMILES string of the molecule is CC1CCN(C(=O)CSc2nc3ccsc3c(=O)n2Cc2ccccc2)CC1. The van der Waals surface area contributed by atoms with Crippen LogP contribution >= 0.6 is 23.1 Å². The molecular weight excluding hydrogens is 390 g/mol. The Labute approximate surface area is 172 Å². The van der Waals surface area contributed by atoms with Crippen molar-refractivity contribution >= 4 is 39.2 Å². The molecular formula is C21H23N3O2S2. The molecule has 0 aliphatic carbocycles. The number of thioether (sulfide) groups is 1. The first-order valence-corrected chi connectivity index (χ1v) is 11.4. The number of piperidine rings is 1. The Bertz CT molecular complexity index is 1020. The fourth-order valence-corrected chi connectivity index (χ4v) is 5.09. The molecule has 0 spiro atoms. The number of hydrogen-bond acceptors (Lipinski definition) is 5. The number of amides is 1. The van der Waals surface area contributed by atoms with Crippen LogP contribution in [0.5, 0.6) is 0 Å². The van der Waals surface area contributed by atoms with E-state index in [0.29, 0.717) is 33.6 Å². The van der Waals surface area contributed by atoms with E-state index in [1.165, 1.54) is 23.1 Å². The zero-order chi connectivity index (χ0) is 19.5. The lowest BCUT2D eigenvalue weighted by Gasteiger charge is -2.30. The number of hydrogen-bond donors (Lipinski definition) is 0. The van der Waals surface area contributed by atoms with Crippen LogP contribution < -0.4 is 5.56 Å². The summed E-state index contributed by atoms with van der Waals surface area (Å²) >= 11 is 2.78. The largest absolute Gasteiger partial charge is 0.342 e. The number of nitrogens with zero attached hydrogens (tertiary/aromatic N) is 3. The number of benzene rings is 1. The maximum Gasteiger partial charge on any atom is 0.272 e. The highest BCUT2D eigenvalue weighted by atomic mass is 32.2. The van der Waals surface area contributed by atoms with Crippen LogP contribution in [-0.2, 0) is 11.3 Å². The van der Waals surface area contributed by atoms with E-state index in [9.17, 15) is 9.59 Å². The molecule has 5 nitrogen and oxygen atoms in total. The minimum atomic E-state index is -0.0365. The minimum absolute atomic E-state index is 0.0365. The number of thiophene rings is 1. The normalized spacial score (nSPS) is 15.2. The van der Waals surface area contributed by atoms with Crippen molar-refractivity contribution in [2.75, 3.05) is 18.8 Å². The third kappa shape index (κ3) is 4.15. The highest BCUT2D eigenvalue weighted by Crippen LogP contribution is 2.23. The minimum Gasteiger partial charge on any atom is -0.342 e. The van der Waals surface area contributed by atoms with Gasteiger partial charge in [0.2, 0.25) is 5.91 Å². The van der Waals surface area contributed by atoms with Crippen molar-refractivity contribution in [3.05, 3.63) is 57.7 Å². The third-order valence-electron chi connectivity index (χ3n) is 5.18. The van der Waals surface area contributed by atoms with E-state index < -0.39 is 0 Å². The zero-order valence-electron chi connectivity index (χ0n) is 15.8. The quantitative estimate of drug-likeness (QED) is 0.471. The second-order valence-electron chi connectivity index (χ2n) is 7.26. The summed E-state index contributed by atoms with van der Waals surface area (Å²) in [5.74, 6) is 1.13. The summed E-state index contributed by atoms with van der Waals surface area (Å²) in [4.78, 5) is 32.3. The summed E-state index contributed by atoms with van der Waals surface area (Å²) in [7, 11) is 0. The lowest BCUT2D eigenvalue weighted by atomic mass is 9.99. The van der Waals surface area contributed by atoms with Crippen LogP contribution in [0.1, 0.15) is 25.3 Å². The fraction of sp³-hybridized carbons (Fsp3) is 0.381. The molecule has 7 heteroatoms. The second kappa shape index (κ2) is 8.49. The highest BCUT2D eigenvalue weighted by molar-refractivity contribution is 7.99. The van der Waals surface area contributed by atoms with Crippen molar-refractivity contribution in [2.45, 2.75) is 31.5 Å². The van der Waals surface area contributed by atoms with Gasteiger partial charge in [-0.1, -0.05) is 49.0 Å². The first kappa shape index (κ1) is 19.2. The molecule has 1 aromatic carbocycles. The van der Waals surface area contributed by atoms with Gasteiger partial charge in [0.15, 0.2) is 5.16 Å². The zero-order valence-corrected chi connectivity index (χ0v) is 17.5. The molecule has 28 heavy (non-hydrogen) atoms. The van der Waals surface area contributed by atoms with Crippen molar-refractivity contribution in [1.29, 1.82) is 0 Å². The molecule has 0 atom stereocenters. The van der Waals surface area contributed by atoms with E-state index in [0.717, 1.165) is 31.5 Å². The van der Waals surface area contributed by atoms with E-state index in [1.807, 2.05) is 46.7 Å². The first-order chi connectivity index (χ1) is 13.6. The molecule has 0 radical (unpaired) electrons. The van der Waals surface area contributed by atoms with Gasteiger partial charge in [-0.05, 0) is 35.8 Å². The monoisotopic (exact) mass is 413 g/mol. The van der Waals surface area contributed by atoms with Crippen LogP contribution in [0.3, 0.4) is 0 Å². The standard InChI is InChI=1S/C21H23N3O2S2/c1-15-7-10-23(11-8-15)18(25)14-28-21-22-17-9-12-27-19(17)20(26)24(21)13-16-5-3-2-4-6-16/h2-6,9,12,15H,7-8,10-11,13-14H2,1H3. The molecule has 3 aromatic rings. The number of aromatic nitrogens is 2. The lowest BCUT2D eigenvalue weighted by Crippen LogP contribution is -2.39. The molecule has 1 saturated heterocycles. The van der Waals surface area contributed by atoms with E-state index in [-0.39, 0.29) is 11.5 Å². The molecule has 2 aromatic heterocycles. The molecule has 1 amide bonds. The molecule has 146 valence electrons. The first-order valence-electron chi connectivity index (χ1n) is 9.54. The van der Waals surface area contributed by atoms with Crippen LogP contribution in [0.25, 0.3) is 10.2 Å². The molecule has 0 unspecified atom stereocenters. The van der Waals surface area contributed by atoms with Gasteiger partial charge in [-0.25, -0.2) is 4.98 Å². The van der Waals surface area contributed by atoms with E-state index in [1.54, 1.807) is 4.57 Å². The summed E-state index contributed by atoms with van der Waals surface area (Å²) in [5, 5.41) is 2.50. The Kier molecular flexibility index (Phi) is 5.82. The van der Waals surface area contributed by atoms with Crippen LogP contribution in [-0.4, -0.2) is 39.2 Å². The van der Waals surface area contributed by atoms with Gasteiger partial charge in [0.1, 0.15) is 4.70 Å². The number of rotatable bonds is 5. The van der Waals surface area contributed by atoms with Crippen LogP contribution in [0.15, 0.2) is 51.7 Å². The average molecular weight is 414 g/mol.